The van der Waals surface area contributed by atoms with Gasteiger partial charge in [-0.2, -0.15) is 0 Å². The van der Waals surface area contributed by atoms with E-state index >= 15 is 0 Å². The van der Waals surface area contributed by atoms with Crippen molar-refractivity contribution in [2.45, 2.75) is 5.41 Å². The van der Waals surface area contributed by atoms with Crippen LogP contribution in [-0.4, -0.2) is 19.9 Å². The lowest BCUT2D eigenvalue weighted by Gasteiger charge is -2.34. The largest absolute Gasteiger partial charge is 0.449 e. The third-order valence-electron chi connectivity index (χ3n) is 12.1. The Balaban J connectivity index is 0.955. The number of hydrogen-bond acceptors (Lipinski definition) is 6. The summed E-state index contributed by atoms with van der Waals surface area (Å²) in [6, 6.07) is 73.0. The number of ether oxygens (including phenoxy) is 2. The second-order valence-electron chi connectivity index (χ2n) is 15.7. The van der Waals surface area contributed by atoms with Crippen molar-refractivity contribution in [2.24, 2.45) is 0 Å². The van der Waals surface area contributed by atoms with Crippen molar-refractivity contribution >= 4 is 0 Å². The molecule has 0 N–H and O–H groups in total. The van der Waals surface area contributed by atoms with E-state index in [9.17, 15) is 0 Å². The van der Waals surface area contributed by atoms with Gasteiger partial charge in [0.25, 0.3) is 0 Å². The van der Waals surface area contributed by atoms with Gasteiger partial charge in [0.2, 0.25) is 0 Å². The summed E-state index contributed by atoms with van der Waals surface area (Å²) in [5.74, 6) is 4.38. The highest BCUT2D eigenvalue weighted by Crippen LogP contribution is 2.62. The van der Waals surface area contributed by atoms with Gasteiger partial charge in [0, 0.05) is 34.0 Å². The summed E-state index contributed by atoms with van der Waals surface area (Å²) < 4.78 is 13.8. The first-order chi connectivity index (χ1) is 31.2. The molecule has 0 fully saturated rings. The van der Waals surface area contributed by atoms with Crippen molar-refractivity contribution in [3.63, 3.8) is 0 Å². The molecule has 296 valence electrons. The second kappa shape index (κ2) is 14.9. The van der Waals surface area contributed by atoms with Crippen molar-refractivity contribution in [1.29, 1.82) is 0 Å². The van der Waals surface area contributed by atoms with Crippen molar-refractivity contribution < 1.29 is 9.47 Å². The normalized spacial score (nSPS) is 12.8. The van der Waals surface area contributed by atoms with Gasteiger partial charge in [0.15, 0.2) is 40.5 Å². The van der Waals surface area contributed by atoms with Gasteiger partial charge in [-0.3, -0.25) is 4.98 Å². The Morgan fingerprint density at radius 3 is 1.70 bits per heavy atom. The van der Waals surface area contributed by atoms with Crippen LogP contribution >= 0.6 is 0 Å². The first kappa shape index (κ1) is 36.4. The van der Waals surface area contributed by atoms with Gasteiger partial charge in [-0.15, -0.1) is 0 Å². The molecule has 0 saturated heterocycles. The Morgan fingerprint density at radius 2 is 0.952 bits per heavy atom. The summed E-state index contributed by atoms with van der Waals surface area (Å²) in [4.78, 5) is 19.8. The highest BCUT2D eigenvalue weighted by molar-refractivity contribution is 5.92. The Bertz CT molecular complexity index is 3300. The van der Waals surface area contributed by atoms with E-state index in [1.54, 1.807) is 6.20 Å². The molecule has 0 saturated carbocycles. The fourth-order valence-corrected chi connectivity index (χ4v) is 9.35. The molecule has 2 aromatic heterocycles. The van der Waals surface area contributed by atoms with E-state index in [1.165, 1.54) is 16.7 Å². The molecule has 0 spiro atoms. The molecular formula is C57H36N4O2. The van der Waals surface area contributed by atoms with Crippen LogP contribution in [0, 0.1) is 0 Å². The van der Waals surface area contributed by atoms with Gasteiger partial charge in [-0.25, -0.2) is 15.0 Å². The lowest BCUT2D eigenvalue weighted by molar-refractivity contribution is 0.360. The van der Waals surface area contributed by atoms with E-state index < -0.39 is 5.41 Å². The molecule has 6 nitrogen and oxygen atoms in total. The van der Waals surface area contributed by atoms with Crippen LogP contribution in [0.5, 0.6) is 23.0 Å². The van der Waals surface area contributed by atoms with E-state index in [1.807, 2.05) is 84.9 Å². The highest BCUT2D eigenvalue weighted by Gasteiger charge is 2.48. The summed E-state index contributed by atoms with van der Waals surface area (Å²) >= 11 is 0. The Hall–Kier alpha value is -8.48. The molecule has 0 atom stereocenters. The fraction of sp³-hybridized carbons (Fsp3) is 0.0175. The van der Waals surface area contributed by atoms with Crippen LogP contribution < -0.4 is 9.47 Å². The maximum Gasteiger partial charge on any atom is 0.178 e. The molecule has 0 bridgehead atoms. The fourth-order valence-electron chi connectivity index (χ4n) is 9.35. The zero-order valence-corrected chi connectivity index (χ0v) is 33.9. The summed E-state index contributed by atoms with van der Waals surface area (Å²) in [5, 5.41) is 0. The third kappa shape index (κ3) is 6.03. The minimum absolute atomic E-state index is 0.544. The predicted molar refractivity (Wildman–Crippen MR) is 249 cm³/mol. The minimum Gasteiger partial charge on any atom is -0.449 e. The molecule has 10 aromatic rings. The molecule has 1 aliphatic carbocycles. The number of rotatable bonds is 7. The van der Waals surface area contributed by atoms with Crippen molar-refractivity contribution in [2.75, 3.05) is 0 Å². The van der Waals surface area contributed by atoms with Gasteiger partial charge >= 0.3 is 0 Å². The standard InChI is InChI=1S/C57H36N4O2/c1-4-17-37(18-5-1)54-59-55(40-20-16-19-39(35-40)48-29-14-15-34-58-48)61-56(60-54)44-26-11-10-25-43(44)38-30-32-49-51(36-38)62-50-33-31-47-52(53(50)63-49)45-27-12-13-28-46(45)57(47,41-21-6-2-7-22-41)42-23-8-3-9-24-42/h1-36H. The number of aromatic nitrogens is 4. The molecule has 1 aliphatic heterocycles. The lowest BCUT2D eigenvalue weighted by Crippen LogP contribution is -2.28. The molecule has 0 amide bonds. The van der Waals surface area contributed by atoms with Gasteiger partial charge in [0.05, 0.1) is 11.1 Å². The molecule has 2 aliphatic rings. The molecule has 63 heavy (non-hydrogen) atoms. The van der Waals surface area contributed by atoms with Crippen molar-refractivity contribution in [3.05, 3.63) is 241 Å². The Morgan fingerprint density at radius 1 is 0.349 bits per heavy atom. The third-order valence-corrected chi connectivity index (χ3v) is 12.1. The monoisotopic (exact) mass is 808 g/mol. The number of pyridine rings is 1. The molecule has 0 unspecified atom stereocenters. The Labute approximate surface area is 364 Å². The second-order valence-corrected chi connectivity index (χ2v) is 15.7. The van der Waals surface area contributed by atoms with Crippen molar-refractivity contribution in [3.8, 4) is 90.7 Å². The summed E-state index contributed by atoms with van der Waals surface area (Å²) in [6.45, 7) is 0. The highest BCUT2D eigenvalue weighted by atomic mass is 16.6. The maximum atomic E-state index is 6.96. The molecule has 0 radical (unpaired) electrons. The van der Waals surface area contributed by atoms with Gasteiger partial charge in [0.1, 0.15) is 0 Å². The molecule has 8 aromatic carbocycles. The first-order valence-electron chi connectivity index (χ1n) is 21.0. The number of nitrogens with zero attached hydrogens (tertiary/aromatic N) is 4. The first-order valence-corrected chi connectivity index (χ1v) is 21.0. The topological polar surface area (TPSA) is 70.0 Å². The molecule has 3 heterocycles. The molecule has 6 heteroatoms. The number of hydrogen-bond donors (Lipinski definition) is 0. The lowest BCUT2D eigenvalue weighted by atomic mass is 9.68. The van der Waals surface area contributed by atoms with E-state index in [0.29, 0.717) is 40.5 Å². The quantitative estimate of drug-likeness (QED) is 0.160. The minimum atomic E-state index is -0.544. The SMILES string of the molecule is c1ccc(-c2nc(-c3cccc(-c4ccccn4)c3)nc(-c3ccccc3-c3ccc4c(c3)Oc3ccc5c(c3O4)-c3ccccc3C5(c3ccccc3)c3ccccc3)n2)cc1. The Kier molecular flexibility index (Phi) is 8.61. The maximum absolute atomic E-state index is 6.96. The van der Waals surface area contributed by atoms with E-state index in [0.717, 1.165) is 55.8 Å². The van der Waals surface area contributed by atoms with E-state index in [4.69, 9.17) is 24.4 Å². The average Bonchev–Trinajstić information content (AvgIpc) is 3.68. The van der Waals surface area contributed by atoms with Crippen LogP contribution in [0.15, 0.2) is 219 Å². The zero-order valence-electron chi connectivity index (χ0n) is 33.9. The summed E-state index contributed by atoms with van der Waals surface area (Å²) in [7, 11) is 0. The molecule has 12 rings (SSSR count). The van der Waals surface area contributed by atoms with Crippen LogP contribution in [-0.2, 0) is 5.41 Å². The van der Waals surface area contributed by atoms with Crippen molar-refractivity contribution in [1.82, 2.24) is 19.9 Å². The zero-order chi connectivity index (χ0) is 41.7. The summed E-state index contributed by atoms with van der Waals surface area (Å²) in [5.41, 5.74) is 12.8. The van der Waals surface area contributed by atoms with Crippen LogP contribution in [0.3, 0.4) is 0 Å². The number of fused-ring (bicyclic) bond motifs is 6. The van der Waals surface area contributed by atoms with Crippen LogP contribution in [0.25, 0.3) is 67.7 Å². The van der Waals surface area contributed by atoms with E-state index in [2.05, 4.69) is 132 Å². The number of benzene rings is 8. The van der Waals surface area contributed by atoms with Crippen LogP contribution in [0.2, 0.25) is 0 Å². The van der Waals surface area contributed by atoms with Crippen LogP contribution in [0.1, 0.15) is 22.3 Å². The summed E-state index contributed by atoms with van der Waals surface area (Å²) in [6.07, 6.45) is 1.80. The van der Waals surface area contributed by atoms with Gasteiger partial charge in [-0.05, 0) is 75.3 Å². The van der Waals surface area contributed by atoms with Gasteiger partial charge in [-0.1, -0.05) is 176 Å². The van der Waals surface area contributed by atoms with Crippen LogP contribution in [0.4, 0.5) is 0 Å². The van der Waals surface area contributed by atoms with E-state index in [-0.39, 0.29) is 0 Å². The smallest absolute Gasteiger partial charge is 0.178 e. The van der Waals surface area contributed by atoms with Gasteiger partial charge < -0.3 is 9.47 Å². The predicted octanol–water partition coefficient (Wildman–Crippen LogP) is 13.9. The molecular weight excluding hydrogens is 773 g/mol. The average molecular weight is 809 g/mol.